The van der Waals surface area contributed by atoms with Crippen molar-refractivity contribution >= 4 is 17.3 Å². The molecule has 1 amide bonds. The van der Waals surface area contributed by atoms with Gasteiger partial charge in [-0.2, -0.15) is 0 Å². The summed E-state index contributed by atoms with van der Waals surface area (Å²) in [6.07, 6.45) is 2.43. The van der Waals surface area contributed by atoms with Crippen molar-refractivity contribution in [3.8, 4) is 11.5 Å². The smallest absolute Gasteiger partial charge is 0.259 e. The first-order chi connectivity index (χ1) is 14.0. The van der Waals surface area contributed by atoms with E-state index < -0.39 is 0 Å². The predicted octanol–water partition coefficient (Wildman–Crippen LogP) is 3.73. The van der Waals surface area contributed by atoms with Gasteiger partial charge in [-0.25, -0.2) is 0 Å². The van der Waals surface area contributed by atoms with Gasteiger partial charge in [0.1, 0.15) is 0 Å². The second-order valence-electron chi connectivity index (χ2n) is 7.73. The Morgan fingerprint density at radius 2 is 1.76 bits per heavy atom. The lowest BCUT2D eigenvalue weighted by atomic mass is 9.96. The normalized spacial score (nSPS) is 14.7. The van der Waals surface area contributed by atoms with Crippen LogP contribution in [-0.2, 0) is 0 Å². The highest BCUT2D eigenvalue weighted by Crippen LogP contribution is 2.31. The van der Waals surface area contributed by atoms with E-state index in [1.54, 1.807) is 25.3 Å². The van der Waals surface area contributed by atoms with Gasteiger partial charge >= 0.3 is 0 Å². The number of benzene rings is 2. The molecule has 6 nitrogen and oxygen atoms in total. The van der Waals surface area contributed by atoms with Crippen LogP contribution in [0.2, 0.25) is 0 Å². The summed E-state index contributed by atoms with van der Waals surface area (Å²) >= 11 is 0. The van der Waals surface area contributed by atoms with Crippen LogP contribution in [0.25, 0.3) is 0 Å². The number of anilines is 2. The van der Waals surface area contributed by atoms with Crippen LogP contribution in [0.15, 0.2) is 42.5 Å². The Labute approximate surface area is 173 Å². The maximum absolute atomic E-state index is 12.7. The monoisotopic (exact) mass is 397 g/mol. The number of nitrogens with zero attached hydrogens (tertiary/aromatic N) is 2. The van der Waals surface area contributed by atoms with E-state index in [1.165, 1.54) is 25.6 Å². The maximum Gasteiger partial charge on any atom is 0.259 e. The molecule has 2 aromatic rings. The van der Waals surface area contributed by atoms with Crippen LogP contribution in [-0.4, -0.2) is 58.8 Å². The molecule has 6 heteroatoms. The summed E-state index contributed by atoms with van der Waals surface area (Å²) in [4.78, 5) is 17.4. The predicted molar refractivity (Wildman–Crippen MR) is 117 cm³/mol. The Morgan fingerprint density at radius 1 is 1.07 bits per heavy atom. The average molecular weight is 398 g/mol. The molecule has 1 aliphatic heterocycles. The van der Waals surface area contributed by atoms with Gasteiger partial charge in [-0.15, -0.1) is 0 Å². The number of carbonyl (C=O) groups is 1. The highest BCUT2D eigenvalue weighted by atomic mass is 16.5. The fourth-order valence-corrected chi connectivity index (χ4v) is 3.91. The molecule has 1 fully saturated rings. The molecule has 3 rings (SSSR count). The molecular formula is C23H31N3O3. The molecule has 156 valence electrons. The first-order valence-corrected chi connectivity index (χ1v) is 10.0. The third-order valence-corrected chi connectivity index (χ3v) is 5.38. The quantitative estimate of drug-likeness (QED) is 0.771. The number of hydrogen-bond donors (Lipinski definition) is 1. The standard InChI is InChI=1S/C23H31N3O3/c1-25(2)16-17-12-14-26(15-13-17)19-10-8-18(9-11-19)24-23(27)20-6-5-7-21(28-3)22(20)29-4/h5-11,17H,12-16H2,1-4H3,(H,24,27). The second-order valence-corrected chi connectivity index (χ2v) is 7.73. The van der Waals surface area contributed by atoms with Crippen LogP contribution in [0.1, 0.15) is 23.2 Å². The molecule has 29 heavy (non-hydrogen) atoms. The van der Waals surface area contributed by atoms with E-state index in [-0.39, 0.29) is 5.91 Å². The Kier molecular flexibility index (Phi) is 6.99. The van der Waals surface area contributed by atoms with E-state index in [0.717, 1.165) is 31.2 Å². The van der Waals surface area contributed by atoms with Crippen molar-refractivity contribution in [2.45, 2.75) is 12.8 Å². The molecule has 0 aromatic heterocycles. The van der Waals surface area contributed by atoms with E-state index in [9.17, 15) is 4.79 Å². The SMILES string of the molecule is COc1cccc(C(=O)Nc2ccc(N3CCC(CN(C)C)CC3)cc2)c1OC. The zero-order valence-corrected chi connectivity index (χ0v) is 17.8. The molecule has 2 aromatic carbocycles. The Hall–Kier alpha value is -2.73. The molecule has 0 aliphatic carbocycles. The van der Waals surface area contributed by atoms with Crippen molar-refractivity contribution in [3.05, 3.63) is 48.0 Å². The number of methoxy groups -OCH3 is 2. The molecule has 0 unspecified atom stereocenters. The van der Waals surface area contributed by atoms with Gasteiger partial charge in [-0.05, 0) is 69.3 Å². The van der Waals surface area contributed by atoms with Crippen molar-refractivity contribution in [1.82, 2.24) is 4.90 Å². The molecular weight excluding hydrogens is 366 g/mol. The van der Waals surface area contributed by atoms with E-state index in [1.807, 2.05) is 12.1 Å². The average Bonchev–Trinajstić information content (AvgIpc) is 2.73. The van der Waals surface area contributed by atoms with Gasteiger partial charge in [0.15, 0.2) is 11.5 Å². The molecule has 0 spiro atoms. The lowest BCUT2D eigenvalue weighted by Crippen LogP contribution is -2.37. The second kappa shape index (κ2) is 9.65. The van der Waals surface area contributed by atoms with Crippen LogP contribution >= 0.6 is 0 Å². The van der Waals surface area contributed by atoms with Crippen LogP contribution in [0.3, 0.4) is 0 Å². The summed E-state index contributed by atoms with van der Waals surface area (Å²) in [5.41, 5.74) is 2.40. The number of piperidine rings is 1. The lowest BCUT2D eigenvalue weighted by molar-refractivity contribution is 0.102. The van der Waals surface area contributed by atoms with E-state index >= 15 is 0 Å². The topological polar surface area (TPSA) is 54.0 Å². The third kappa shape index (κ3) is 5.21. The lowest BCUT2D eigenvalue weighted by Gasteiger charge is -2.34. The highest BCUT2D eigenvalue weighted by molar-refractivity contribution is 6.06. The molecule has 0 atom stereocenters. The summed E-state index contributed by atoms with van der Waals surface area (Å²) in [6.45, 7) is 3.31. The molecule has 1 N–H and O–H groups in total. The summed E-state index contributed by atoms with van der Waals surface area (Å²) < 4.78 is 10.6. The van der Waals surface area contributed by atoms with Gasteiger partial charge in [0.05, 0.1) is 19.8 Å². The molecule has 1 heterocycles. The molecule has 1 aliphatic rings. The molecule has 0 radical (unpaired) electrons. The Morgan fingerprint density at radius 3 is 2.34 bits per heavy atom. The third-order valence-electron chi connectivity index (χ3n) is 5.38. The first-order valence-electron chi connectivity index (χ1n) is 10.0. The Bertz CT molecular complexity index is 813. The number of nitrogens with one attached hydrogen (secondary N) is 1. The largest absolute Gasteiger partial charge is 0.493 e. The van der Waals surface area contributed by atoms with Crippen molar-refractivity contribution in [2.24, 2.45) is 5.92 Å². The van der Waals surface area contributed by atoms with Gasteiger partial charge in [-0.3, -0.25) is 4.79 Å². The molecule has 0 bridgehead atoms. The number of ether oxygens (including phenoxy) is 2. The van der Waals surface area contributed by atoms with Crippen molar-refractivity contribution in [1.29, 1.82) is 0 Å². The minimum atomic E-state index is -0.224. The van der Waals surface area contributed by atoms with Gasteiger partial charge in [0.25, 0.3) is 5.91 Å². The minimum Gasteiger partial charge on any atom is -0.493 e. The zero-order chi connectivity index (χ0) is 20.8. The first kappa shape index (κ1) is 21.0. The van der Waals surface area contributed by atoms with Gasteiger partial charge in [0.2, 0.25) is 0 Å². The fraction of sp³-hybridized carbons (Fsp3) is 0.435. The highest BCUT2D eigenvalue weighted by Gasteiger charge is 2.20. The van der Waals surface area contributed by atoms with Gasteiger partial charge < -0.3 is 24.6 Å². The maximum atomic E-state index is 12.7. The fourth-order valence-electron chi connectivity index (χ4n) is 3.91. The number of para-hydroxylation sites is 1. The van der Waals surface area contributed by atoms with E-state index in [2.05, 4.69) is 41.3 Å². The van der Waals surface area contributed by atoms with Gasteiger partial charge in [0, 0.05) is 31.0 Å². The molecule has 0 saturated carbocycles. The molecule has 1 saturated heterocycles. The zero-order valence-electron chi connectivity index (χ0n) is 17.8. The summed E-state index contributed by atoms with van der Waals surface area (Å²) in [7, 11) is 7.37. The van der Waals surface area contributed by atoms with Crippen LogP contribution in [0, 0.1) is 5.92 Å². The number of hydrogen-bond acceptors (Lipinski definition) is 5. The minimum absolute atomic E-state index is 0.224. The Balaban J connectivity index is 1.62. The van der Waals surface area contributed by atoms with Crippen molar-refractivity contribution < 1.29 is 14.3 Å². The van der Waals surface area contributed by atoms with E-state index in [4.69, 9.17) is 9.47 Å². The van der Waals surface area contributed by atoms with Crippen molar-refractivity contribution in [2.75, 3.05) is 58.2 Å². The van der Waals surface area contributed by atoms with E-state index in [0.29, 0.717) is 17.1 Å². The number of carbonyl (C=O) groups excluding carboxylic acids is 1. The number of amides is 1. The van der Waals surface area contributed by atoms with Crippen LogP contribution in [0.4, 0.5) is 11.4 Å². The van der Waals surface area contributed by atoms with Crippen molar-refractivity contribution in [3.63, 3.8) is 0 Å². The van der Waals surface area contributed by atoms with Crippen LogP contribution in [0.5, 0.6) is 11.5 Å². The summed E-state index contributed by atoms with van der Waals surface area (Å²) in [6, 6.07) is 13.3. The van der Waals surface area contributed by atoms with Crippen LogP contribution < -0.4 is 19.7 Å². The number of rotatable bonds is 7. The summed E-state index contributed by atoms with van der Waals surface area (Å²) in [5, 5.41) is 2.94. The summed E-state index contributed by atoms with van der Waals surface area (Å²) in [5.74, 6) is 1.52. The van der Waals surface area contributed by atoms with Gasteiger partial charge in [-0.1, -0.05) is 6.07 Å².